The highest BCUT2D eigenvalue weighted by molar-refractivity contribution is 7.10. The van der Waals surface area contributed by atoms with Crippen molar-refractivity contribution in [2.75, 3.05) is 7.11 Å². The van der Waals surface area contributed by atoms with Crippen LogP contribution in [0.3, 0.4) is 0 Å². The number of thiophene rings is 1. The number of hydrogen-bond acceptors (Lipinski definition) is 6. The quantitative estimate of drug-likeness (QED) is 0.645. The van der Waals surface area contributed by atoms with Gasteiger partial charge >= 0.3 is 11.9 Å². The molecule has 0 bridgehead atoms. The normalized spacial score (nSPS) is 18.3. The molecule has 1 aromatic rings. The Morgan fingerprint density at radius 2 is 2.14 bits per heavy atom. The lowest BCUT2D eigenvalue weighted by Crippen LogP contribution is -2.32. The maximum Gasteiger partial charge on any atom is 0.336 e. The number of methoxy groups -OCH3 is 1. The number of nitrogens with one attached hydrogen (secondary N) is 1. The Bertz CT molecular complexity index is 657. The predicted molar refractivity (Wildman–Crippen MR) is 75.6 cm³/mol. The number of rotatable bonds is 4. The highest BCUT2D eigenvalue weighted by Crippen LogP contribution is 2.40. The van der Waals surface area contributed by atoms with E-state index in [0.717, 1.165) is 0 Å². The number of aliphatic carboxylic acids is 1. The van der Waals surface area contributed by atoms with Gasteiger partial charge in [-0.1, -0.05) is 6.07 Å². The van der Waals surface area contributed by atoms with Gasteiger partial charge in [-0.3, -0.25) is 4.79 Å². The van der Waals surface area contributed by atoms with Gasteiger partial charge in [-0.2, -0.15) is 0 Å². The maximum atomic E-state index is 12.0. The van der Waals surface area contributed by atoms with E-state index in [1.807, 2.05) is 0 Å². The fraction of sp³-hybridized carbons (Fsp3) is 0.214. The molecule has 21 heavy (non-hydrogen) atoms. The Hall–Kier alpha value is -2.41. The van der Waals surface area contributed by atoms with Gasteiger partial charge < -0.3 is 15.2 Å². The second-order valence-electron chi connectivity index (χ2n) is 4.35. The molecular weight excluding hydrogens is 294 g/mol. The number of carboxylic acids is 1. The van der Waals surface area contributed by atoms with Gasteiger partial charge in [0.1, 0.15) is 0 Å². The maximum absolute atomic E-state index is 12.0. The van der Waals surface area contributed by atoms with Gasteiger partial charge in [0, 0.05) is 10.6 Å². The summed E-state index contributed by atoms with van der Waals surface area (Å²) in [5.41, 5.74) is 0.403. The smallest absolute Gasteiger partial charge is 0.336 e. The minimum atomic E-state index is -1.15. The van der Waals surface area contributed by atoms with E-state index in [1.165, 1.54) is 18.4 Å². The van der Waals surface area contributed by atoms with Crippen LogP contribution in [0.1, 0.15) is 17.7 Å². The summed E-state index contributed by atoms with van der Waals surface area (Å²) >= 11 is 1.31. The first kappa shape index (κ1) is 15.0. The van der Waals surface area contributed by atoms with Gasteiger partial charge in [0.15, 0.2) is 6.29 Å². The lowest BCUT2D eigenvalue weighted by Gasteiger charge is -2.27. The summed E-state index contributed by atoms with van der Waals surface area (Å²) in [6.07, 6.45) is 0.495. The van der Waals surface area contributed by atoms with Gasteiger partial charge in [-0.15, -0.1) is 11.3 Å². The van der Waals surface area contributed by atoms with Gasteiger partial charge in [-0.05, 0) is 18.4 Å². The van der Waals surface area contributed by atoms with Crippen LogP contribution in [0.5, 0.6) is 0 Å². The Balaban J connectivity index is 2.70. The monoisotopic (exact) mass is 307 g/mol. The molecule has 1 atom stereocenters. The third-order valence-corrected chi connectivity index (χ3v) is 4.11. The third-order valence-electron chi connectivity index (χ3n) is 3.17. The average Bonchev–Trinajstić information content (AvgIpc) is 2.98. The van der Waals surface area contributed by atoms with Crippen LogP contribution in [-0.2, 0) is 19.1 Å². The van der Waals surface area contributed by atoms with E-state index in [0.29, 0.717) is 16.9 Å². The molecule has 0 aliphatic carbocycles. The Morgan fingerprint density at radius 1 is 1.43 bits per heavy atom. The van der Waals surface area contributed by atoms with Crippen LogP contribution >= 0.6 is 11.3 Å². The first-order chi connectivity index (χ1) is 10.0. The average molecular weight is 307 g/mol. The molecule has 1 unspecified atom stereocenters. The Kier molecular flexibility index (Phi) is 4.23. The number of dihydropyridines is 1. The molecule has 2 heterocycles. The lowest BCUT2D eigenvalue weighted by molar-refractivity contribution is -0.136. The van der Waals surface area contributed by atoms with Gasteiger partial charge in [0.25, 0.3) is 0 Å². The second kappa shape index (κ2) is 5.92. The first-order valence-corrected chi connectivity index (χ1v) is 6.91. The van der Waals surface area contributed by atoms with Crippen molar-refractivity contribution in [1.29, 1.82) is 0 Å². The minimum absolute atomic E-state index is 0.0120. The number of carbonyl (C=O) groups excluding carboxylic acids is 2. The van der Waals surface area contributed by atoms with E-state index < -0.39 is 17.9 Å². The first-order valence-electron chi connectivity index (χ1n) is 6.03. The van der Waals surface area contributed by atoms with Crippen LogP contribution in [0.25, 0.3) is 0 Å². The molecule has 0 spiro atoms. The molecule has 0 saturated carbocycles. The summed E-state index contributed by atoms with van der Waals surface area (Å²) in [5, 5.41) is 13.9. The molecule has 7 heteroatoms. The molecule has 0 fully saturated rings. The molecule has 2 rings (SSSR count). The Labute approximate surface area is 124 Å². The van der Waals surface area contributed by atoms with Crippen LogP contribution in [0, 0.1) is 0 Å². The number of allylic oxidation sites excluding steroid dienone is 2. The van der Waals surface area contributed by atoms with E-state index in [-0.39, 0.29) is 16.8 Å². The third kappa shape index (κ3) is 2.59. The lowest BCUT2D eigenvalue weighted by atomic mass is 9.84. The zero-order valence-corrected chi connectivity index (χ0v) is 12.2. The standard InChI is InChI=1S/C14H13NO5S/c1-7-10(13(17)18)12(9-4-3-5-21-9)11(14(19)20-2)8(6-16)15-7/h3-6,12,15H,1-2H3,(H,17,18). The van der Waals surface area contributed by atoms with Crippen LogP contribution in [0.2, 0.25) is 0 Å². The molecule has 1 aromatic heterocycles. The molecule has 0 saturated heterocycles. The second-order valence-corrected chi connectivity index (χ2v) is 5.33. The van der Waals surface area contributed by atoms with Crippen molar-refractivity contribution in [3.63, 3.8) is 0 Å². The van der Waals surface area contributed by atoms with Crippen LogP contribution in [0.4, 0.5) is 0 Å². The highest BCUT2D eigenvalue weighted by atomic mass is 32.1. The largest absolute Gasteiger partial charge is 0.478 e. The summed E-state index contributed by atoms with van der Waals surface area (Å²) in [5.74, 6) is -2.70. The van der Waals surface area contributed by atoms with Crippen molar-refractivity contribution in [3.05, 3.63) is 44.9 Å². The summed E-state index contributed by atoms with van der Waals surface area (Å²) in [7, 11) is 1.19. The molecule has 6 nitrogen and oxygen atoms in total. The van der Waals surface area contributed by atoms with Gasteiger partial charge in [0.05, 0.1) is 29.9 Å². The van der Waals surface area contributed by atoms with Crippen LogP contribution in [0.15, 0.2) is 40.1 Å². The summed E-state index contributed by atoms with van der Waals surface area (Å²) in [6.45, 7) is 1.56. The van der Waals surface area contributed by atoms with Crippen molar-refractivity contribution in [2.24, 2.45) is 0 Å². The van der Waals surface area contributed by atoms with Crippen molar-refractivity contribution in [2.45, 2.75) is 12.8 Å². The molecule has 110 valence electrons. The van der Waals surface area contributed by atoms with E-state index in [1.54, 1.807) is 24.4 Å². The van der Waals surface area contributed by atoms with E-state index >= 15 is 0 Å². The van der Waals surface area contributed by atoms with Crippen molar-refractivity contribution in [1.82, 2.24) is 5.32 Å². The number of esters is 1. The molecular formula is C14H13NO5S. The molecule has 0 aromatic carbocycles. The highest BCUT2D eigenvalue weighted by Gasteiger charge is 2.38. The fourth-order valence-corrected chi connectivity index (χ4v) is 3.15. The zero-order chi connectivity index (χ0) is 15.6. The van der Waals surface area contributed by atoms with E-state index in [2.05, 4.69) is 5.32 Å². The van der Waals surface area contributed by atoms with Crippen LogP contribution in [-0.4, -0.2) is 30.4 Å². The molecule has 2 N–H and O–H groups in total. The summed E-state index contributed by atoms with van der Waals surface area (Å²) < 4.78 is 4.71. The SMILES string of the molecule is COC(=O)C1=C(C=O)NC(C)=C(C(=O)O)C1c1cccs1. The summed E-state index contributed by atoms with van der Waals surface area (Å²) in [6, 6.07) is 3.48. The van der Waals surface area contributed by atoms with Crippen LogP contribution < -0.4 is 5.32 Å². The zero-order valence-electron chi connectivity index (χ0n) is 11.4. The van der Waals surface area contributed by atoms with Crippen molar-refractivity contribution < 1.29 is 24.2 Å². The van der Waals surface area contributed by atoms with Gasteiger partial charge in [0.2, 0.25) is 0 Å². The summed E-state index contributed by atoms with van der Waals surface area (Å²) in [4.78, 5) is 35.5. The molecule has 0 radical (unpaired) electrons. The molecule has 1 aliphatic heterocycles. The topological polar surface area (TPSA) is 92.7 Å². The van der Waals surface area contributed by atoms with Crippen molar-refractivity contribution >= 4 is 29.6 Å². The predicted octanol–water partition coefficient (Wildman–Crippen LogP) is 1.42. The van der Waals surface area contributed by atoms with E-state index in [4.69, 9.17) is 4.74 Å². The van der Waals surface area contributed by atoms with Gasteiger partial charge in [-0.25, -0.2) is 9.59 Å². The molecule has 0 amide bonds. The number of aldehydes is 1. The number of carboxylic acid groups (broad SMARTS) is 1. The number of carbonyl (C=O) groups is 3. The molecule has 1 aliphatic rings. The minimum Gasteiger partial charge on any atom is -0.478 e. The number of ether oxygens (including phenoxy) is 1. The fourth-order valence-electron chi connectivity index (χ4n) is 2.31. The van der Waals surface area contributed by atoms with E-state index in [9.17, 15) is 19.5 Å². The van der Waals surface area contributed by atoms with Crippen molar-refractivity contribution in [3.8, 4) is 0 Å². The Morgan fingerprint density at radius 3 is 2.62 bits per heavy atom. The number of hydrogen-bond donors (Lipinski definition) is 2.